The lowest BCUT2D eigenvalue weighted by molar-refractivity contribution is -0.113. The number of para-hydroxylation sites is 1. The van der Waals surface area contributed by atoms with Crippen molar-refractivity contribution in [3.63, 3.8) is 0 Å². The van der Waals surface area contributed by atoms with Gasteiger partial charge in [-0.2, -0.15) is 0 Å². The third kappa shape index (κ3) is 5.43. The number of ether oxygens (including phenoxy) is 1. The number of nitrogens with zero attached hydrogens (tertiary/aromatic N) is 3. The molecule has 0 aliphatic heterocycles. The molecule has 3 rings (SSSR count). The van der Waals surface area contributed by atoms with E-state index in [1.165, 1.54) is 17.3 Å². The zero-order chi connectivity index (χ0) is 21.5. The topological polar surface area (TPSA) is 69.0 Å². The molecule has 1 heterocycles. The number of allylic oxidation sites excluding steroid dienone is 1. The molecule has 30 heavy (non-hydrogen) atoms. The van der Waals surface area contributed by atoms with Gasteiger partial charge >= 0.3 is 0 Å². The van der Waals surface area contributed by atoms with Gasteiger partial charge in [0.1, 0.15) is 12.4 Å². The Kier molecular flexibility index (Phi) is 7.54. The first kappa shape index (κ1) is 21.9. The smallest absolute Gasteiger partial charge is 0.234 e. The number of amides is 1. The molecule has 156 valence electrons. The maximum absolute atomic E-state index is 12.3. The molecule has 3 aromatic rings. The first-order valence-corrected chi connectivity index (χ1v) is 10.7. The van der Waals surface area contributed by atoms with Gasteiger partial charge in [-0.1, -0.05) is 53.7 Å². The van der Waals surface area contributed by atoms with Crippen LogP contribution in [0.25, 0.3) is 0 Å². The number of benzene rings is 2. The number of halogens is 1. The average molecular weight is 443 g/mol. The maximum atomic E-state index is 12.3. The zero-order valence-corrected chi connectivity index (χ0v) is 18.5. The molecule has 0 radical (unpaired) electrons. The summed E-state index contributed by atoms with van der Waals surface area (Å²) in [6, 6.07) is 13.1. The second-order valence-corrected chi connectivity index (χ2v) is 7.95. The molecule has 0 aliphatic rings. The van der Waals surface area contributed by atoms with Crippen LogP contribution < -0.4 is 10.1 Å². The number of rotatable bonds is 9. The molecule has 0 aliphatic carbocycles. The normalized spacial score (nSPS) is 10.6. The highest BCUT2D eigenvalue weighted by Gasteiger charge is 2.15. The van der Waals surface area contributed by atoms with E-state index in [1.807, 2.05) is 48.7 Å². The van der Waals surface area contributed by atoms with Crippen LogP contribution in [0.1, 0.15) is 17.0 Å². The van der Waals surface area contributed by atoms with Crippen LogP contribution in [0.3, 0.4) is 0 Å². The summed E-state index contributed by atoms with van der Waals surface area (Å²) in [6.45, 7) is 8.67. The summed E-state index contributed by atoms with van der Waals surface area (Å²) < 4.78 is 7.86. The van der Waals surface area contributed by atoms with E-state index in [-0.39, 0.29) is 18.3 Å². The first-order chi connectivity index (χ1) is 14.5. The minimum Gasteiger partial charge on any atom is -0.485 e. The number of carbonyl (C=O) groups is 1. The number of thioether (sulfide) groups is 1. The Morgan fingerprint density at radius 2 is 2.03 bits per heavy atom. The molecule has 0 fully saturated rings. The van der Waals surface area contributed by atoms with E-state index in [0.29, 0.717) is 28.2 Å². The second kappa shape index (κ2) is 10.3. The highest BCUT2D eigenvalue weighted by molar-refractivity contribution is 7.99. The number of aryl methyl sites for hydroxylation is 1. The average Bonchev–Trinajstić information content (AvgIpc) is 3.11. The lowest BCUT2D eigenvalue weighted by Crippen LogP contribution is -2.15. The van der Waals surface area contributed by atoms with Crippen LogP contribution in [-0.2, 0) is 17.9 Å². The number of anilines is 1. The van der Waals surface area contributed by atoms with Gasteiger partial charge < -0.3 is 10.1 Å². The molecule has 0 saturated carbocycles. The summed E-state index contributed by atoms with van der Waals surface area (Å²) >= 11 is 7.39. The van der Waals surface area contributed by atoms with Crippen LogP contribution in [-0.4, -0.2) is 26.4 Å². The van der Waals surface area contributed by atoms with E-state index in [0.717, 1.165) is 11.3 Å². The lowest BCUT2D eigenvalue weighted by atomic mass is 10.1. The van der Waals surface area contributed by atoms with Gasteiger partial charge in [-0.25, -0.2) is 0 Å². The summed E-state index contributed by atoms with van der Waals surface area (Å²) in [4.78, 5) is 12.3. The molecule has 2 aromatic carbocycles. The molecule has 0 unspecified atom stereocenters. The standard InChI is InChI=1S/C22H23ClN4O2S/c1-4-12-27-20(13-29-19-11-7-8-15(2)16(19)3)25-26-22(27)30-14-21(28)24-18-10-6-5-9-17(18)23/h4-11H,1,12-14H2,2-3H3,(H,24,28). The highest BCUT2D eigenvalue weighted by atomic mass is 35.5. The van der Waals surface area contributed by atoms with E-state index in [4.69, 9.17) is 16.3 Å². The Bertz CT molecular complexity index is 1050. The number of carbonyl (C=O) groups excluding carboxylic acids is 1. The fourth-order valence-electron chi connectivity index (χ4n) is 2.75. The first-order valence-electron chi connectivity index (χ1n) is 9.38. The van der Waals surface area contributed by atoms with Crippen molar-refractivity contribution in [3.05, 3.63) is 77.1 Å². The minimum atomic E-state index is -0.172. The minimum absolute atomic E-state index is 0.172. The number of hydrogen-bond donors (Lipinski definition) is 1. The maximum Gasteiger partial charge on any atom is 0.234 e. The summed E-state index contributed by atoms with van der Waals surface area (Å²) in [5.41, 5.74) is 2.85. The van der Waals surface area contributed by atoms with Crippen molar-refractivity contribution in [2.75, 3.05) is 11.1 Å². The van der Waals surface area contributed by atoms with E-state index in [1.54, 1.807) is 18.2 Å². The predicted octanol–water partition coefficient (Wildman–Crippen LogP) is 5.04. The summed E-state index contributed by atoms with van der Waals surface area (Å²) in [5, 5.41) is 12.4. The Morgan fingerprint density at radius 3 is 2.80 bits per heavy atom. The Morgan fingerprint density at radius 1 is 1.23 bits per heavy atom. The quantitative estimate of drug-likeness (QED) is 0.371. The van der Waals surface area contributed by atoms with Crippen LogP contribution in [0.15, 0.2) is 60.3 Å². The van der Waals surface area contributed by atoms with Gasteiger partial charge in [0.15, 0.2) is 11.0 Å². The molecular weight excluding hydrogens is 420 g/mol. The van der Waals surface area contributed by atoms with Crippen molar-refractivity contribution in [1.29, 1.82) is 0 Å². The number of hydrogen-bond acceptors (Lipinski definition) is 5. The summed E-state index contributed by atoms with van der Waals surface area (Å²) in [5.74, 6) is 1.49. The van der Waals surface area contributed by atoms with Gasteiger partial charge in [0.25, 0.3) is 0 Å². The van der Waals surface area contributed by atoms with Gasteiger partial charge in [-0.15, -0.1) is 16.8 Å². The van der Waals surface area contributed by atoms with Crippen molar-refractivity contribution < 1.29 is 9.53 Å². The fourth-order valence-corrected chi connectivity index (χ4v) is 3.70. The summed E-state index contributed by atoms with van der Waals surface area (Å²) in [6.07, 6.45) is 1.76. The lowest BCUT2D eigenvalue weighted by Gasteiger charge is -2.12. The highest BCUT2D eigenvalue weighted by Crippen LogP contribution is 2.24. The molecule has 1 amide bonds. The van der Waals surface area contributed by atoms with Crippen molar-refractivity contribution >= 4 is 35.0 Å². The van der Waals surface area contributed by atoms with Gasteiger partial charge in [-0.05, 0) is 43.2 Å². The Hall–Kier alpha value is -2.77. The van der Waals surface area contributed by atoms with E-state index >= 15 is 0 Å². The molecule has 0 spiro atoms. The molecule has 0 saturated heterocycles. The zero-order valence-electron chi connectivity index (χ0n) is 16.9. The molecule has 0 atom stereocenters. The Labute approximate surface area is 185 Å². The summed E-state index contributed by atoms with van der Waals surface area (Å²) in [7, 11) is 0. The third-order valence-electron chi connectivity index (χ3n) is 4.50. The molecule has 0 bridgehead atoms. The number of nitrogens with one attached hydrogen (secondary N) is 1. The fraction of sp³-hybridized carbons (Fsp3) is 0.227. The molecule has 8 heteroatoms. The third-order valence-corrected chi connectivity index (χ3v) is 5.79. The van der Waals surface area contributed by atoms with Crippen molar-refractivity contribution in [3.8, 4) is 5.75 Å². The van der Waals surface area contributed by atoms with E-state index in [9.17, 15) is 4.79 Å². The SMILES string of the molecule is C=CCn1c(COc2cccc(C)c2C)nnc1SCC(=O)Nc1ccccc1Cl. The van der Waals surface area contributed by atoms with E-state index in [2.05, 4.69) is 22.1 Å². The van der Waals surface area contributed by atoms with E-state index < -0.39 is 0 Å². The molecule has 1 aromatic heterocycles. The van der Waals surface area contributed by atoms with Crippen LogP contribution in [0.4, 0.5) is 5.69 Å². The van der Waals surface area contributed by atoms with Crippen LogP contribution in [0, 0.1) is 13.8 Å². The van der Waals surface area contributed by atoms with Crippen molar-refractivity contribution in [2.24, 2.45) is 0 Å². The molecule has 1 N–H and O–H groups in total. The second-order valence-electron chi connectivity index (χ2n) is 6.60. The largest absolute Gasteiger partial charge is 0.485 e. The van der Waals surface area contributed by atoms with Gasteiger partial charge in [0, 0.05) is 6.54 Å². The molecule has 6 nitrogen and oxygen atoms in total. The molecular formula is C22H23ClN4O2S. The van der Waals surface area contributed by atoms with Crippen molar-refractivity contribution in [2.45, 2.75) is 32.2 Å². The number of aromatic nitrogens is 3. The van der Waals surface area contributed by atoms with Crippen LogP contribution >= 0.6 is 23.4 Å². The van der Waals surface area contributed by atoms with Crippen LogP contribution in [0.5, 0.6) is 5.75 Å². The predicted molar refractivity (Wildman–Crippen MR) is 121 cm³/mol. The Balaban J connectivity index is 1.65. The van der Waals surface area contributed by atoms with Gasteiger partial charge in [0.05, 0.1) is 16.5 Å². The van der Waals surface area contributed by atoms with Gasteiger partial charge in [0.2, 0.25) is 5.91 Å². The van der Waals surface area contributed by atoms with Crippen molar-refractivity contribution in [1.82, 2.24) is 14.8 Å². The van der Waals surface area contributed by atoms with Crippen LogP contribution in [0.2, 0.25) is 5.02 Å². The van der Waals surface area contributed by atoms with Gasteiger partial charge in [-0.3, -0.25) is 9.36 Å². The monoisotopic (exact) mass is 442 g/mol.